The molecule has 1 fully saturated rings. The minimum atomic E-state index is -3.74. The van der Waals surface area contributed by atoms with Gasteiger partial charge in [-0.2, -0.15) is 4.31 Å². The first-order chi connectivity index (χ1) is 12.5. The van der Waals surface area contributed by atoms with Crippen LogP contribution in [-0.2, 0) is 14.8 Å². The van der Waals surface area contributed by atoms with E-state index < -0.39 is 16.1 Å². The molecule has 1 amide bonds. The summed E-state index contributed by atoms with van der Waals surface area (Å²) in [5.41, 5.74) is 0.655. The van der Waals surface area contributed by atoms with Crippen molar-refractivity contribution in [1.82, 2.24) is 4.31 Å². The number of rotatable bonds is 6. The number of nitrogens with one attached hydrogen (secondary N) is 1. The molecule has 138 valence electrons. The lowest BCUT2D eigenvalue weighted by Gasteiger charge is -2.23. The minimum Gasteiger partial charge on any atom is -0.494 e. The number of anilines is 1. The average molecular weight is 374 g/mol. The molecule has 0 spiro atoms. The summed E-state index contributed by atoms with van der Waals surface area (Å²) >= 11 is 0. The molecule has 2 aromatic rings. The molecule has 0 saturated carbocycles. The number of carbonyl (C=O) groups excluding carboxylic acids is 1. The zero-order chi connectivity index (χ0) is 18.6. The van der Waals surface area contributed by atoms with Crippen LogP contribution in [0.1, 0.15) is 19.8 Å². The Morgan fingerprint density at radius 1 is 1.15 bits per heavy atom. The highest BCUT2D eigenvalue weighted by molar-refractivity contribution is 7.89. The number of benzene rings is 2. The number of para-hydroxylation sites is 1. The predicted molar refractivity (Wildman–Crippen MR) is 99.6 cm³/mol. The highest BCUT2D eigenvalue weighted by Gasteiger charge is 2.39. The number of sulfonamides is 1. The third kappa shape index (κ3) is 3.89. The topological polar surface area (TPSA) is 75.7 Å². The normalized spacial score (nSPS) is 17.8. The Hall–Kier alpha value is -2.38. The van der Waals surface area contributed by atoms with Crippen molar-refractivity contribution in [2.24, 2.45) is 0 Å². The number of carbonyl (C=O) groups is 1. The van der Waals surface area contributed by atoms with E-state index in [0.29, 0.717) is 37.4 Å². The van der Waals surface area contributed by atoms with Crippen molar-refractivity contribution < 1.29 is 17.9 Å². The van der Waals surface area contributed by atoms with E-state index in [1.165, 1.54) is 16.4 Å². The van der Waals surface area contributed by atoms with Crippen molar-refractivity contribution in [1.29, 1.82) is 0 Å². The van der Waals surface area contributed by atoms with Crippen LogP contribution in [0.15, 0.2) is 59.5 Å². The molecule has 2 aromatic carbocycles. The number of hydrogen-bond acceptors (Lipinski definition) is 4. The van der Waals surface area contributed by atoms with E-state index >= 15 is 0 Å². The number of amides is 1. The highest BCUT2D eigenvalue weighted by Crippen LogP contribution is 2.28. The average Bonchev–Trinajstić information content (AvgIpc) is 3.14. The van der Waals surface area contributed by atoms with Gasteiger partial charge in [-0.3, -0.25) is 4.79 Å². The third-order valence-corrected chi connectivity index (χ3v) is 6.21. The van der Waals surface area contributed by atoms with Gasteiger partial charge < -0.3 is 10.1 Å². The fourth-order valence-corrected chi connectivity index (χ4v) is 4.70. The zero-order valence-corrected chi connectivity index (χ0v) is 15.4. The number of nitrogens with zero attached hydrogens (tertiary/aromatic N) is 1. The second kappa shape index (κ2) is 7.88. The molecular weight excluding hydrogens is 352 g/mol. The fourth-order valence-electron chi connectivity index (χ4n) is 3.05. The quantitative estimate of drug-likeness (QED) is 0.844. The van der Waals surface area contributed by atoms with Gasteiger partial charge in [0.25, 0.3) is 0 Å². The SMILES string of the molecule is CCOc1ccc(S(=O)(=O)N2CCC[C@@H]2C(=O)Nc2ccccc2)cc1. The van der Waals surface area contributed by atoms with Crippen LogP contribution in [0.3, 0.4) is 0 Å². The molecule has 0 bridgehead atoms. The molecule has 7 heteroatoms. The van der Waals surface area contributed by atoms with Crippen LogP contribution < -0.4 is 10.1 Å². The zero-order valence-electron chi connectivity index (χ0n) is 14.6. The molecule has 1 atom stereocenters. The van der Waals surface area contributed by atoms with Crippen LogP contribution in [0.5, 0.6) is 5.75 Å². The van der Waals surface area contributed by atoms with E-state index in [1.54, 1.807) is 24.3 Å². The molecule has 0 aromatic heterocycles. The third-order valence-electron chi connectivity index (χ3n) is 4.29. The first kappa shape index (κ1) is 18.4. The van der Waals surface area contributed by atoms with Crippen molar-refractivity contribution in [3.05, 3.63) is 54.6 Å². The summed E-state index contributed by atoms with van der Waals surface area (Å²) in [5.74, 6) is 0.314. The first-order valence-electron chi connectivity index (χ1n) is 8.63. The molecule has 1 heterocycles. The summed E-state index contributed by atoms with van der Waals surface area (Å²) in [5, 5.41) is 2.80. The summed E-state index contributed by atoms with van der Waals surface area (Å²) in [6.45, 7) is 2.72. The van der Waals surface area contributed by atoms with E-state index in [9.17, 15) is 13.2 Å². The van der Waals surface area contributed by atoms with Crippen molar-refractivity contribution in [2.45, 2.75) is 30.7 Å². The Labute approximate surface area is 153 Å². The maximum absolute atomic E-state index is 13.0. The first-order valence-corrected chi connectivity index (χ1v) is 10.1. The summed E-state index contributed by atoms with van der Waals surface area (Å²) in [4.78, 5) is 12.8. The van der Waals surface area contributed by atoms with Gasteiger partial charge in [-0.25, -0.2) is 8.42 Å². The summed E-state index contributed by atoms with van der Waals surface area (Å²) in [6, 6.07) is 14.6. The van der Waals surface area contributed by atoms with E-state index in [4.69, 9.17) is 4.74 Å². The van der Waals surface area contributed by atoms with Gasteiger partial charge >= 0.3 is 0 Å². The van der Waals surface area contributed by atoms with Gasteiger partial charge in [-0.1, -0.05) is 18.2 Å². The molecule has 0 radical (unpaired) electrons. The number of ether oxygens (including phenoxy) is 1. The molecular formula is C19H22N2O4S. The maximum atomic E-state index is 13.0. The van der Waals surface area contributed by atoms with Gasteiger partial charge in [0, 0.05) is 12.2 Å². The molecule has 26 heavy (non-hydrogen) atoms. The van der Waals surface area contributed by atoms with Crippen LogP contribution in [0.4, 0.5) is 5.69 Å². The Bertz CT molecular complexity index is 851. The van der Waals surface area contributed by atoms with Crippen LogP contribution in [-0.4, -0.2) is 37.8 Å². The van der Waals surface area contributed by atoms with Crippen molar-refractivity contribution in [3.8, 4) is 5.75 Å². The molecule has 1 N–H and O–H groups in total. The van der Waals surface area contributed by atoms with Gasteiger partial charge in [0.2, 0.25) is 15.9 Å². The molecule has 1 aliphatic rings. The lowest BCUT2D eigenvalue weighted by molar-refractivity contribution is -0.119. The smallest absolute Gasteiger partial charge is 0.243 e. The summed E-state index contributed by atoms with van der Waals surface area (Å²) < 4.78 is 32.6. The lowest BCUT2D eigenvalue weighted by Crippen LogP contribution is -2.43. The largest absolute Gasteiger partial charge is 0.494 e. The van der Waals surface area contributed by atoms with Crippen LogP contribution in [0.25, 0.3) is 0 Å². The van der Waals surface area contributed by atoms with Gasteiger partial charge in [-0.15, -0.1) is 0 Å². The number of hydrogen-bond donors (Lipinski definition) is 1. The molecule has 0 aliphatic carbocycles. The van der Waals surface area contributed by atoms with Crippen LogP contribution in [0.2, 0.25) is 0 Å². The van der Waals surface area contributed by atoms with Crippen molar-refractivity contribution in [3.63, 3.8) is 0 Å². The maximum Gasteiger partial charge on any atom is 0.243 e. The van der Waals surface area contributed by atoms with Crippen molar-refractivity contribution >= 4 is 21.6 Å². The van der Waals surface area contributed by atoms with E-state index in [2.05, 4.69) is 5.32 Å². The van der Waals surface area contributed by atoms with E-state index in [-0.39, 0.29) is 10.8 Å². The lowest BCUT2D eigenvalue weighted by atomic mass is 10.2. The van der Waals surface area contributed by atoms with Crippen LogP contribution >= 0.6 is 0 Å². The van der Waals surface area contributed by atoms with Gasteiger partial charge in [0.1, 0.15) is 11.8 Å². The molecule has 3 rings (SSSR count). The van der Waals surface area contributed by atoms with Crippen molar-refractivity contribution in [2.75, 3.05) is 18.5 Å². The Morgan fingerprint density at radius 2 is 1.85 bits per heavy atom. The Kier molecular flexibility index (Phi) is 5.58. The van der Waals surface area contributed by atoms with Gasteiger partial charge in [-0.05, 0) is 56.2 Å². The molecule has 1 saturated heterocycles. The minimum absolute atomic E-state index is 0.167. The summed E-state index contributed by atoms with van der Waals surface area (Å²) in [7, 11) is -3.74. The molecule has 6 nitrogen and oxygen atoms in total. The van der Waals surface area contributed by atoms with Gasteiger partial charge in [0.05, 0.1) is 11.5 Å². The van der Waals surface area contributed by atoms with E-state index in [0.717, 1.165) is 0 Å². The summed E-state index contributed by atoms with van der Waals surface area (Å²) in [6.07, 6.45) is 1.16. The predicted octanol–water partition coefficient (Wildman–Crippen LogP) is 2.88. The van der Waals surface area contributed by atoms with Crippen LogP contribution in [0, 0.1) is 0 Å². The molecule has 1 aliphatic heterocycles. The second-order valence-corrected chi connectivity index (χ2v) is 7.92. The standard InChI is InChI=1S/C19H22N2O4S/c1-2-25-16-10-12-17(13-11-16)26(23,24)21-14-6-9-18(21)19(22)20-15-7-4-3-5-8-15/h3-5,7-8,10-13,18H,2,6,9,14H2,1H3,(H,20,22)/t18-/m1/s1. The second-order valence-electron chi connectivity index (χ2n) is 6.03. The fraction of sp³-hybridized carbons (Fsp3) is 0.316. The Morgan fingerprint density at radius 3 is 2.50 bits per heavy atom. The van der Waals surface area contributed by atoms with E-state index in [1.807, 2.05) is 25.1 Å². The Balaban J connectivity index is 1.78. The molecule has 0 unspecified atom stereocenters. The van der Waals surface area contributed by atoms with Gasteiger partial charge in [0.15, 0.2) is 0 Å². The monoisotopic (exact) mass is 374 g/mol. The highest BCUT2D eigenvalue weighted by atomic mass is 32.2.